The van der Waals surface area contributed by atoms with Crippen LogP contribution in [0, 0.1) is 0 Å². The largest absolute Gasteiger partial charge is 0.444 e. The molecular formula is C18H25N3O3. The molecule has 6 nitrogen and oxygen atoms in total. The second-order valence-corrected chi connectivity index (χ2v) is 6.84. The highest BCUT2D eigenvalue weighted by atomic mass is 16.6. The Balaban J connectivity index is 1.80. The summed E-state index contributed by atoms with van der Waals surface area (Å²) in [6, 6.07) is 7.43. The number of para-hydroxylation sites is 1. The first-order valence-corrected chi connectivity index (χ1v) is 8.10. The number of aromatic amines is 1. The summed E-state index contributed by atoms with van der Waals surface area (Å²) in [5.74, 6) is -0.132. The number of hydrogen-bond donors (Lipinski definition) is 3. The first kappa shape index (κ1) is 17.8. The van der Waals surface area contributed by atoms with Crippen LogP contribution in [-0.4, -0.2) is 35.2 Å². The molecular weight excluding hydrogens is 306 g/mol. The van der Waals surface area contributed by atoms with Crippen molar-refractivity contribution in [3.05, 3.63) is 36.0 Å². The zero-order valence-corrected chi connectivity index (χ0v) is 14.6. The summed E-state index contributed by atoms with van der Waals surface area (Å²) in [7, 11) is 0. The van der Waals surface area contributed by atoms with Crippen LogP contribution in [0.25, 0.3) is 10.9 Å². The lowest BCUT2D eigenvalue weighted by Crippen LogP contribution is -2.39. The van der Waals surface area contributed by atoms with Crippen LogP contribution >= 0.6 is 0 Å². The molecule has 3 N–H and O–H groups in total. The number of rotatable bonds is 5. The van der Waals surface area contributed by atoms with Gasteiger partial charge in [-0.2, -0.15) is 0 Å². The Bertz CT molecular complexity index is 716. The fourth-order valence-electron chi connectivity index (χ4n) is 2.35. The van der Waals surface area contributed by atoms with Gasteiger partial charge in [0.05, 0.1) is 11.1 Å². The Kier molecular flexibility index (Phi) is 5.49. The maximum Gasteiger partial charge on any atom is 0.407 e. The zero-order valence-electron chi connectivity index (χ0n) is 14.6. The van der Waals surface area contributed by atoms with Crippen LogP contribution in [0.15, 0.2) is 30.5 Å². The standard InChI is InChI=1S/C18H25N3O3/c1-12(21-17(23)24-18(2,3)4)8-10-20-16(22)14-7-5-6-13-9-11-19-15(13)14/h5-7,9,11-12,19H,8,10H2,1-4H3,(H,20,22)(H,21,23)/t12-/m1/s1. The van der Waals surface area contributed by atoms with E-state index >= 15 is 0 Å². The summed E-state index contributed by atoms with van der Waals surface area (Å²) >= 11 is 0. The number of H-pyrrole nitrogens is 1. The maximum atomic E-state index is 12.3. The van der Waals surface area contributed by atoms with E-state index in [2.05, 4.69) is 15.6 Å². The lowest BCUT2D eigenvalue weighted by Gasteiger charge is -2.22. The van der Waals surface area contributed by atoms with Crippen LogP contribution < -0.4 is 10.6 Å². The molecule has 0 unspecified atom stereocenters. The molecule has 1 aromatic heterocycles. The topological polar surface area (TPSA) is 83.2 Å². The Morgan fingerprint density at radius 3 is 2.71 bits per heavy atom. The molecule has 0 saturated heterocycles. The molecule has 130 valence electrons. The Morgan fingerprint density at radius 2 is 2.00 bits per heavy atom. The van der Waals surface area contributed by atoms with Crippen molar-refractivity contribution < 1.29 is 14.3 Å². The first-order valence-electron chi connectivity index (χ1n) is 8.10. The number of benzene rings is 1. The Labute approximate surface area is 142 Å². The molecule has 0 radical (unpaired) electrons. The van der Waals surface area contributed by atoms with Gasteiger partial charge in [0.2, 0.25) is 0 Å². The molecule has 2 rings (SSSR count). The third-order valence-corrected chi connectivity index (χ3v) is 3.46. The van der Waals surface area contributed by atoms with Crippen LogP contribution in [0.1, 0.15) is 44.5 Å². The zero-order chi connectivity index (χ0) is 17.7. The molecule has 0 saturated carbocycles. The van der Waals surface area contributed by atoms with Gasteiger partial charge in [0.1, 0.15) is 5.60 Å². The lowest BCUT2D eigenvalue weighted by atomic mass is 10.1. The van der Waals surface area contributed by atoms with Crippen molar-refractivity contribution in [1.29, 1.82) is 0 Å². The van der Waals surface area contributed by atoms with E-state index < -0.39 is 11.7 Å². The number of alkyl carbamates (subject to hydrolysis) is 1. The number of nitrogens with one attached hydrogen (secondary N) is 3. The van der Waals surface area contributed by atoms with Crippen molar-refractivity contribution >= 4 is 22.9 Å². The van der Waals surface area contributed by atoms with E-state index in [-0.39, 0.29) is 11.9 Å². The van der Waals surface area contributed by atoms with Crippen LogP contribution in [0.2, 0.25) is 0 Å². The van der Waals surface area contributed by atoms with Crippen molar-refractivity contribution in [2.24, 2.45) is 0 Å². The average molecular weight is 331 g/mol. The molecule has 0 bridgehead atoms. The molecule has 2 aromatic rings. The van der Waals surface area contributed by atoms with Crippen molar-refractivity contribution in [2.75, 3.05) is 6.54 Å². The summed E-state index contributed by atoms with van der Waals surface area (Å²) in [5, 5.41) is 6.64. The van der Waals surface area contributed by atoms with Crippen LogP contribution in [0.3, 0.4) is 0 Å². The SMILES string of the molecule is C[C@H](CCNC(=O)c1cccc2cc[nH]c12)NC(=O)OC(C)(C)C. The Hall–Kier alpha value is -2.50. The number of aromatic nitrogens is 1. The van der Waals surface area contributed by atoms with Gasteiger partial charge in [-0.25, -0.2) is 4.79 Å². The third-order valence-electron chi connectivity index (χ3n) is 3.46. The van der Waals surface area contributed by atoms with Crippen LogP contribution in [-0.2, 0) is 4.74 Å². The average Bonchev–Trinajstić information content (AvgIpc) is 2.92. The third kappa shape index (κ3) is 5.01. The summed E-state index contributed by atoms with van der Waals surface area (Å²) < 4.78 is 5.20. The summed E-state index contributed by atoms with van der Waals surface area (Å²) in [5.41, 5.74) is 0.924. The van der Waals surface area contributed by atoms with Gasteiger partial charge < -0.3 is 20.4 Å². The Morgan fingerprint density at radius 1 is 1.25 bits per heavy atom. The lowest BCUT2D eigenvalue weighted by molar-refractivity contribution is 0.0507. The highest BCUT2D eigenvalue weighted by molar-refractivity contribution is 6.05. The van der Waals surface area contributed by atoms with Gasteiger partial charge in [-0.3, -0.25) is 4.79 Å². The van der Waals surface area contributed by atoms with E-state index in [0.29, 0.717) is 18.5 Å². The predicted octanol–water partition coefficient (Wildman–Crippen LogP) is 3.20. The van der Waals surface area contributed by atoms with Gasteiger partial charge in [-0.1, -0.05) is 12.1 Å². The van der Waals surface area contributed by atoms with Crippen LogP contribution in [0.5, 0.6) is 0 Å². The second kappa shape index (κ2) is 7.38. The van der Waals surface area contributed by atoms with E-state index in [0.717, 1.165) is 10.9 Å². The van der Waals surface area contributed by atoms with Crippen LogP contribution in [0.4, 0.5) is 4.79 Å². The minimum absolute atomic E-state index is 0.0959. The van der Waals surface area contributed by atoms with Crippen molar-refractivity contribution in [1.82, 2.24) is 15.6 Å². The minimum Gasteiger partial charge on any atom is -0.444 e. The summed E-state index contributed by atoms with van der Waals surface area (Å²) in [6.45, 7) is 7.80. The monoisotopic (exact) mass is 331 g/mol. The molecule has 1 atom stereocenters. The van der Waals surface area contributed by atoms with Gasteiger partial charge in [-0.15, -0.1) is 0 Å². The first-order chi connectivity index (χ1) is 11.3. The molecule has 0 aliphatic carbocycles. The molecule has 1 aromatic carbocycles. The highest BCUT2D eigenvalue weighted by Gasteiger charge is 2.17. The number of carbonyl (C=O) groups is 2. The second-order valence-electron chi connectivity index (χ2n) is 6.84. The van der Waals surface area contributed by atoms with Crippen molar-refractivity contribution in [3.63, 3.8) is 0 Å². The quantitative estimate of drug-likeness (QED) is 0.787. The van der Waals surface area contributed by atoms with Gasteiger partial charge in [-0.05, 0) is 46.2 Å². The highest BCUT2D eigenvalue weighted by Crippen LogP contribution is 2.16. The van der Waals surface area contributed by atoms with E-state index in [4.69, 9.17) is 4.74 Å². The fraction of sp³-hybridized carbons (Fsp3) is 0.444. The van der Waals surface area contributed by atoms with Gasteiger partial charge in [0.25, 0.3) is 5.91 Å². The molecule has 24 heavy (non-hydrogen) atoms. The molecule has 0 aliphatic heterocycles. The molecule has 0 aliphatic rings. The van der Waals surface area contributed by atoms with Gasteiger partial charge >= 0.3 is 6.09 Å². The van der Waals surface area contributed by atoms with Crippen molar-refractivity contribution in [2.45, 2.75) is 45.8 Å². The van der Waals surface area contributed by atoms with Crippen molar-refractivity contribution in [3.8, 4) is 0 Å². The maximum absolute atomic E-state index is 12.3. The number of amides is 2. The predicted molar refractivity (Wildman–Crippen MR) is 94.1 cm³/mol. The molecule has 6 heteroatoms. The molecule has 1 heterocycles. The number of hydrogen-bond acceptors (Lipinski definition) is 3. The van der Waals surface area contributed by atoms with Gasteiger partial charge in [0.15, 0.2) is 0 Å². The summed E-state index contributed by atoms with van der Waals surface area (Å²) in [4.78, 5) is 27.1. The molecule has 0 fully saturated rings. The number of fused-ring (bicyclic) bond motifs is 1. The van der Waals surface area contributed by atoms with E-state index in [1.807, 2.05) is 52.1 Å². The number of carbonyl (C=O) groups excluding carboxylic acids is 2. The normalized spacial score (nSPS) is 12.7. The minimum atomic E-state index is -0.521. The van der Waals surface area contributed by atoms with E-state index in [9.17, 15) is 9.59 Å². The summed E-state index contributed by atoms with van der Waals surface area (Å²) in [6.07, 6.45) is 1.98. The smallest absolute Gasteiger partial charge is 0.407 e. The number of ether oxygens (including phenoxy) is 1. The van der Waals surface area contributed by atoms with Gasteiger partial charge in [0, 0.05) is 24.2 Å². The fourth-order valence-corrected chi connectivity index (χ4v) is 2.35. The van der Waals surface area contributed by atoms with E-state index in [1.54, 1.807) is 6.07 Å². The molecule has 2 amide bonds. The molecule has 0 spiro atoms. The van der Waals surface area contributed by atoms with E-state index in [1.165, 1.54) is 0 Å².